The molecule has 0 amide bonds. The predicted molar refractivity (Wildman–Crippen MR) is 67.6 cm³/mol. The van der Waals surface area contributed by atoms with Crippen molar-refractivity contribution in [1.82, 2.24) is 15.1 Å². The molecule has 7 heteroatoms. The summed E-state index contributed by atoms with van der Waals surface area (Å²) in [5, 5.41) is 18.2. The van der Waals surface area contributed by atoms with Crippen LogP contribution in [0.15, 0.2) is 30.5 Å². The molecule has 0 aliphatic carbocycles. The first-order valence-electron chi connectivity index (χ1n) is 5.81. The highest BCUT2D eigenvalue weighted by molar-refractivity contribution is 5.51. The molecule has 1 heterocycles. The molecule has 0 spiro atoms. The number of benzene rings is 1. The second kappa shape index (κ2) is 5.57. The van der Waals surface area contributed by atoms with Gasteiger partial charge in [0.2, 0.25) is 0 Å². The molecular weight excluding hydrogens is 251 g/mol. The van der Waals surface area contributed by atoms with Crippen LogP contribution < -0.4 is 5.32 Å². The summed E-state index contributed by atoms with van der Waals surface area (Å²) in [5.74, 6) is -0.538. The lowest BCUT2D eigenvalue weighted by atomic mass is 10.2. The van der Waals surface area contributed by atoms with Gasteiger partial charge in [0.25, 0.3) is 5.69 Å². The fourth-order valence-corrected chi connectivity index (χ4v) is 1.68. The minimum Gasteiger partial charge on any atom is -0.311 e. The Morgan fingerprint density at radius 1 is 1.47 bits per heavy atom. The summed E-state index contributed by atoms with van der Waals surface area (Å²) in [6.07, 6.45) is 1.58. The Bertz CT molecular complexity index is 597. The van der Waals surface area contributed by atoms with E-state index in [0.29, 0.717) is 6.54 Å². The van der Waals surface area contributed by atoms with Gasteiger partial charge < -0.3 is 5.32 Å². The van der Waals surface area contributed by atoms with Crippen molar-refractivity contribution in [2.45, 2.75) is 13.5 Å². The molecule has 0 saturated carbocycles. The van der Waals surface area contributed by atoms with E-state index in [4.69, 9.17) is 0 Å². The first kappa shape index (κ1) is 13.2. The molecular formula is C12H13FN4O2. The summed E-state index contributed by atoms with van der Waals surface area (Å²) in [5.41, 5.74) is 0.674. The number of halogens is 1. The van der Waals surface area contributed by atoms with E-state index in [9.17, 15) is 14.5 Å². The van der Waals surface area contributed by atoms with Crippen molar-refractivity contribution >= 4 is 5.69 Å². The Morgan fingerprint density at radius 2 is 2.26 bits per heavy atom. The van der Waals surface area contributed by atoms with Gasteiger partial charge in [-0.2, -0.15) is 5.10 Å². The number of nitro benzene ring substituents is 1. The van der Waals surface area contributed by atoms with Crippen molar-refractivity contribution < 1.29 is 9.31 Å². The highest BCUT2D eigenvalue weighted by Gasteiger charge is 2.16. The van der Waals surface area contributed by atoms with Gasteiger partial charge in [-0.3, -0.25) is 10.1 Å². The van der Waals surface area contributed by atoms with Crippen LogP contribution in [0.25, 0.3) is 5.69 Å². The minimum absolute atomic E-state index is 0.118. The average Bonchev–Trinajstić information content (AvgIpc) is 2.84. The second-order valence-electron chi connectivity index (χ2n) is 3.92. The van der Waals surface area contributed by atoms with Crippen molar-refractivity contribution in [3.05, 3.63) is 52.1 Å². The third-order valence-electron chi connectivity index (χ3n) is 2.58. The fourth-order valence-electron chi connectivity index (χ4n) is 1.68. The molecule has 19 heavy (non-hydrogen) atoms. The quantitative estimate of drug-likeness (QED) is 0.662. The standard InChI is InChI=1S/C12H13FN4O2/c1-2-14-8-10-5-6-16(15-10)12-7-9(13)3-4-11(12)17(18)19/h3-7,14H,2,8H2,1H3. The zero-order chi connectivity index (χ0) is 13.8. The number of rotatable bonds is 5. The highest BCUT2D eigenvalue weighted by atomic mass is 19.1. The predicted octanol–water partition coefficient (Wildman–Crippen LogP) is 2.03. The Balaban J connectivity index is 2.37. The number of hydrogen-bond acceptors (Lipinski definition) is 4. The van der Waals surface area contributed by atoms with Crippen LogP contribution in [0.4, 0.5) is 10.1 Å². The van der Waals surface area contributed by atoms with E-state index in [1.807, 2.05) is 6.92 Å². The van der Waals surface area contributed by atoms with Gasteiger partial charge in [0.1, 0.15) is 11.5 Å². The van der Waals surface area contributed by atoms with Crippen molar-refractivity contribution in [3.8, 4) is 5.69 Å². The third kappa shape index (κ3) is 2.94. The lowest BCUT2D eigenvalue weighted by Crippen LogP contribution is -2.12. The number of nitro groups is 1. The monoisotopic (exact) mass is 264 g/mol. The molecule has 0 unspecified atom stereocenters. The summed E-state index contributed by atoms with van der Waals surface area (Å²) < 4.78 is 14.5. The number of nitrogens with one attached hydrogen (secondary N) is 1. The zero-order valence-corrected chi connectivity index (χ0v) is 10.3. The van der Waals surface area contributed by atoms with Gasteiger partial charge in [0.05, 0.1) is 10.6 Å². The summed E-state index contributed by atoms with van der Waals surface area (Å²) in [7, 11) is 0. The molecule has 0 aliphatic heterocycles. The molecule has 0 aliphatic rings. The van der Waals surface area contributed by atoms with Crippen molar-refractivity contribution in [1.29, 1.82) is 0 Å². The van der Waals surface area contributed by atoms with Gasteiger partial charge in [-0.25, -0.2) is 9.07 Å². The Kier molecular flexibility index (Phi) is 3.86. The van der Waals surface area contributed by atoms with Crippen molar-refractivity contribution in [2.24, 2.45) is 0 Å². The van der Waals surface area contributed by atoms with Crippen molar-refractivity contribution in [3.63, 3.8) is 0 Å². The molecule has 0 saturated heterocycles. The maximum Gasteiger partial charge on any atom is 0.295 e. The lowest BCUT2D eigenvalue weighted by Gasteiger charge is -2.03. The van der Waals surface area contributed by atoms with E-state index in [2.05, 4.69) is 10.4 Å². The molecule has 2 rings (SSSR count). The fraction of sp³-hybridized carbons (Fsp3) is 0.250. The SMILES string of the molecule is CCNCc1ccn(-c2cc(F)ccc2[N+](=O)[O-])n1. The van der Waals surface area contributed by atoms with Crippen molar-refractivity contribution in [2.75, 3.05) is 6.54 Å². The van der Waals surface area contributed by atoms with E-state index in [0.717, 1.165) is 30.4 Å². The van der Waals surface area contributed by atoms with Crippen LogP contribution in [0.2, 0.25) is 0 Å². The van der Waals surface area contributed by atoms with E-state index in [1.165, 1.54) is 4.68 Å². The summed E-state index contributed by atoms with van der Waals surface area (Å²) in [6.45, 7) is 3.33. The van der Waals surface area contributed by atoms with Crippen LogP contribution in [0.5, 0.6) is 0 Å². The van der Waals surface area contributed by atoms with E-state index in [1.54, 1.807) is 12.3 Å². The highest BCUT2D eigenvalue weighted by Crippen LogP contribution is 2.23. The number of aromatic nitrogens is 2. The van der Waals surface area contributed by atoms with E-state index in [-0.39, 0.29) is 11.4 Å². The van der Waals surface area contributed by atoms with Gasteiger partial charge in [-0.15, -0.1) is 0 Å². The molecule has 0 atom stereocenters. The molecule has 1 aromatic heterocycles. The smallest absolute Gasteiger partial charge is 0.295 e. The van der Waals surface area contributed by atoms with Gasteiger partial charge >= 0.3 is 0 Å². The van der Waals surface area contributed by atoms with Crippen LogP contribution >= 0.6 is 0 Å². The summed E-state index contributed by atoms with van der Waals surface area (Å²) in [6, 6.07) is 5.03. The largest absolute Gasteiger partial charge is 0.311 e. The normalized spacial score (nSPS) is 10.6. The summed E-state index contributed by atoms with van der Waals surface area (Å²) >= 11 is 0. The average molecular weight is 264 g/mol. The summed E-state index contributed by atoms with van der Waals surface area (Å²) in [4.78, 5) is 10.4. The van der Waals surface area contributed by atoms with Gasteiger partial charge in [0, 0.05) is 24.9 Å². The first-order chi connectivity index (χ1) is 9.11. The first-order valence-corrected chi connectivity index (χ1v) is 5.81. The van der Waals surface area contributed by atoms with E-state index < -0.39 is 10.7 Å². The number of nitrogens with zero attached hydrogens (tertiary/aromatic N) is 3. The van der Waals surface area contributed by atoms with Crippen LogP contribution in [-0.4, -0.2) is 21.2 Å². The van der Waals surface area contributed by atoms with Gasteiger partial charge in [-0.1, -0.05) is 6.92 Å². The van der Waals surface area contributed by atoms with E-state index >= 15 is 0 Å². The van der Waals surface area contributed by atoms with Crippen LogP contribution in [0.3, 0.4) is 0 Å². The molecule has 0 fully saturated rings. The van der Waals surface area contributed by atoms with Gasteiger partial charge in [0.15, 0.2) is 0 Å². The maximum absolute atomic E-state index is 13.2. The molecule has 0 radical (unpaired) electrons. The number of hydrogen-bond donors (Lipinski definition) is 1. The molecule has 2 aromatic rings. The second-order valence-corrected chi connectivity index (χ2v) is 3.92. The van der Waals surface area contributed by atoms with Crippen LogP contribution in [0.1, 0.15) is 12.6 Å². The zero-order valence-electron chi connectivity index (χ0n) is 10.3. The molecule has 0 bridgehead atoms. The Morgan fingerprint density at radius 3 is 2.95 bits per heavy atom. The van der Waals surface area contributed by atoms with Crippen LogP contribution in [0, 0.1) is 15.9 Å². The lowest BCUT2D eigenvalue weighted by molar-refractivity contribution is -0.384. The molecule has 1 N–H and O–H groups in total. The van der Waals surface area contributed by atoms with Crippen LogP contribution in [-0.2, 0) is 6.54 Å². The Hall–Kier alpha value is -2.28. The minimum atomic E-state index is -0.555. The van der Waals surface area contributed by atoms with Gasteiger partial charge in [-0.05, 0) is 18.7 Å². The Labute approximate surface area is 109 Å². The topological polar surface area (TPSA) is 73.0 Å². The molecule has 1 aromatic carbocycles. The third-order valence-corrected chi connectivity index (χ3v) is 2.58. The molecule has 100 valence electrons. The molecule has 6 nitrogen and oxygen atoms in total. The maximum atomic E-state index is 13.2.